The van der Waals surface area contributed by atoms with Gasteiger partial charge in [0.25, 0.3) is 0 Å². The van der Waals surface area contributed by atoms with Crippen molar-refractivity contribution >= 4 is 72.8 Å². The van der Waals surface area contributed by atoms with E-state index in [0.717, 1.165) is 114 Å². The molecule has 65 heavy (non-hydrogen) atoms. The Morgan fingerprint density at radius 2 is 0.677 bits per heavy atom. The van der Waals surface area contributed by atoms with E-state index in [4.69, 9.17) is 18.9 Å². The summed E-state index contributed by atoms with van der Waals surface area (Å²) in [7, 11) is 0. The molecule has 2 aromatic carbocycles. The van der Waals surface area contributed by atoms with Crippen LogP contribution in [-0.4, -0.2) is 97.2 Å². The molecule has 0 aliphatic heterocycles. The normalized spacial score (nSPS) is 12.7. The van der Waals surface area contributed by atoms with E-state index in [2.05, 4.69) is 13.8 Å². The number of carboxylic acids is 2. The Labute approximate surface area is 434 Å². The van der Waals surface area contributed by atoms with Gasteiger partial charge in [-0.2, -0.15) is 0 Å². The van der Waals surface area contributed by atoms with Crippen LogP contribution in [0.2, 0.25) is 0 Å². The van der Waals surface area contributed by atoms with Gasteiger partial charge in [-0.1, -0.05) is 190 Å². The first-order valence-electron chi connectivity index (χ1n) is 25.1. The van der Waals surface area contributed by atoms with E-state index in [0.29, 0.717) is 13.2 Å². The molecule has 0 N–H and O–H groups in total. The molecule has 0 saturated carbocycles. The maximum Gasteiger partial charge on any atom is 2.00 e. The second kappa shape index (κ2) is 44.3. The van der Waals surface area contributed by atoms with Gasteiger partial charge in [0, 0.05) is 38.6 Å². The minimum Gasteiger partial charge on any atom is -0.550 e. The molecule has 11 heteroatoms. The van der Waals surface area contributed by atoms with Gasteiger partial charge in [0.2, 0.25) is 0 Å². The van der Waals surface area contributed by atoms with Crippen molar-refractivity contribution in [1.29, 1.82) is 0 Å². The Hall–Kier alpha value is -2.19. The minimum atomic E-state index is -1.05. The number of carbonyl (C=O) groups excluding carboxylic acids is 4. The molecule has 0 saturated heterocycles. The molecule has 0 aliphatic carbocycles. The van der Waals surface area contributed by atoms with Crippen LogP contribution in [0.1, 0.15) is 219 Å². The molecule has 0 spiro atoms. The van der Waals surface area contributed by atoms with Gasteiger partial charge in [-0.25, -0.2) is 0 Å². The molecule has 10 nitrogen and oxygen atoms in total. The zero-order valence-electron chi connectivity index (χ0n) is 41.1. The Morgan fingerprint density at radius 1 is 0.415 bits per heavy atom. The van der Waals surface area contributed by atoms with Gasteiger partial charge in [-0.15, -0.1) is 0 Å². The Morgan fingerprint density at radius 3 is 0.938 bits per heavy atom. The molecule has 0 radical (unpaired) electrons. The Kier molecular flexibility index (Phi) is 42.8. The fourth-order valence-corrected chi connectivity index (χ4v) is 7.90. The summed E-state index contributed by atoms with van der Waals surface area (Å²) in [5.74, 6) is -2.43. The van der Waals surface area contributed by atoms with Crippen LogP contribution in [0.25, 0.3) is 0 Å². The van der Waals surface area contributed by atoms with Crippen LogP contribution in [0.3, 0.4) is 0 Å². The van der Waals surface area contributed by atoms with Crippen molar-refractivity contribution in [3.05, 3.63) is 71.8 Å². The predicted molar refractivity (Wildman–Crippen MR) is 258 cm³/mol. The number of hydrogen-bond donors (Lipinski definition) is 0. The smallest absolute Gasteiger partial charge is 0.550 e. The van der Waals surface area contributed by atoms with Crippen LogP contribution in [0.4, 0.5) is 0 Å². The molecular weight excluding hydrogens is 946 g/mol. The van der Waals surface area contributed by atoms with Gasteiger partial charge in [0.05, 0.1) is 25.4 Å². The number of ether oxygens (including phenoxy) is 4. The van der Waals surface area contributed by atoms with Crippen molar-refractivity contribution in [2.24, 2.45) is 0 Å². The molecular formula is C54H86BaO10. The van der Waals surface area contributed by atoms with E-state index < -0.39 is 11.9 Å². The summed E-state index contributed by atoms with van der Waals surface area (Å²) in [4.78, 5) is 44.4. The molecule has 0 amide bonds. The standard InChI is InChI=1S/2C27H44O5.Ba/c2*1-3-4-18-25(32-23(2)28)19-14-9-7-5-6-8-10-15-20-26(21-27(29)30)31-22-24-16-12-11-13-17-24;/h2*11-13,16-17,25-26H,3-10,14-15,18-22H2,1-2H3,(H,29,30);/q;;+2/p-2. The summed E-state index contributed by atoms with van der Waals surface area (Å²) < 4.78 is 22.5. The van der Waals surface area contributed by atoms with Gasteiger partial charge < -0.3 is 38.7 Å². The molecule has 4 unspecified atom stereocenters. The van der Waals surface area contributed by atoms with E-state index in [-0.39, 0.29) is 98.1 Å². The van der Waals surface area contributed by atoms with E-state index in [1.165, 1.54) is 78.1 Å². The third kappa shape index (κ3) is 40.6. The number of unbranched alkanes of at least 4 members (excludes halogenated alkanes) is 16. The van der Waals surface area contributed by atoms with Crippen LogP contribution in [0.5, 0.6) is 0 Å². The summed E-state index contributed by atoms with van der Waals surface area (Å²) in [6.45, 7) is 8.19. The Balaban J connectivity index is 0.00000124. The molecule has 0 heterocycles. The molecule has 0 aromatic heterocycles. The SMILES string of the molecule is CCCCC(CCCCCCCCCCC(CC(=O)[O-])OCc1ccccc1)OC(C)=O.CCCCC(CCCCCCCCCCC(CC(=O)[O-])OCc1ccccc1)OC(C)=O.[Ba+2]. The van der Waals surface area contributed by atoms with Gasteiger partial charge in [-0.05, 0) is 62.5 Å². The van der Waals surface area contributed by atoms with E-state index in [1.54, 1.807) is 0 Å². The Bertz CT molecular complexity index is 1320. The van der Waals surface area contributed by atoms with Crippen LogP contribution >= 0.6 is 0 Å². The van der Waals surface area contributed by atoms with E-state index in [1.807, 2.05) is 60.7 Å². The van der Waals surface area contributed by atoms with Crippen molar-refractivity contribution in [2.45, 2.75) is 245 Å². The number of carbonyl (C=O) groups is 4. The van der Waals surface area contributed by atoms with Crippen LogP contribution in [0, 0.1) is 0 Å². The summed E-state index contributed by atoms with van der Waals surface area (Å²) >= 11 is 0. The number of esters is 2. The summed E-state index contributed by atoms with van der Waals surface area (Å²) in [5.41, 5.74) is 2.11. The quantitative estimate of drug-likeness (QED) is 0.0358. The fourth-order valence-electron chi connectivity index (χ4n) is 7.90. The average molecular weight is 1030 g/mol. The van der Waals surface area contributed by atoms with Crippen molar-refractivity contribution in [3.63, 3.8) is 0 Å². The number of carboxylic acid groups (broad SMARTS) is 2. The third-order valence-corrected chi connectivity index (χ3v) is 11.5. The second-order valence-corrected chi connectivity index (χ2v) is 17.5. The molecule has 2 rings (SSSR count). The van der Waals surface area contributed by atoms with Gasteiger partial charge in [0.15, 0.2) is 0 Å². The van der Waals surface area contributed by atoms with Crippen molar-refractivity contribution in [3.8, 4) is 0 Å². The monoisotopic (exact) mass is 1030 g/mol. The third-order valence-electron chi connectivity index (χ3n) is 11.5. The van der Waals surface area contributed by atoms with Crippen molar-refractivity contribution in [1.82, 2.24) is 0 Å². The first-order chi connectivity index (χ1) is 31.0. The minimum absolute atomic E-state index is 0. The first kappa shape index (κ1) is 62.8. The van der Waals surface area contributed by atoms with Gasteiger partial charge in [-0.3, -0.25) is 9.59 Å². The zero-order valence-corrected chi connectivity index (χ0v) is 45.5. The topological polar surface area (TPSA) is 151 Å². The predicted octanol–water partition coefficient (Wildman–Crippen LogP) is 11.1. The fraction of sp³-hybridized carbons (Fsp3) is 0.704. The second-order valence-electron chi connectivity index (χ2n) is 17.5. The number of hydrogen-bond acceptors (Lipinski definition) is 10. The number of rotatable bonds is 40. The van der Waals surface area contributed by atoms with Gasteiger partial charge in [0.1, 0.15) is 12.2 Å². The summed E-state index contributed by atoms with van der Waals surface area (Å²) in [5, 5.41) is 22.0. The van der Waals surface area contributed by atoms with Crippen LogP contribution in [-0.2, 0) is 51.3 Å². The first-order valence-corrected chi connectivity index (χ1v) is 25.1. The van der Waals surface area contributed by atoms with E-state index >= 15 is 0 Å². The molecule has 0 fully saturated rings. The summed E-state index contributed by atoms with van der Waals surface area (Å²) in [6, 6.07) is 19.7. The molecule has 4 atom stereocenters. The maximum atomic E-state index is 11.2. The van der Waals surface area contributed by atoms with Crippen LogP contribution < -0.4 is 10.2 Å². The van der Waals surface area contributed by atoms with Crippen molar-refractivity contribution < 1.29 is 48.3 Å². The average Bonchev–Trinajstić information content (AvgIpc) is 3.26. The molecule has 0 bridgehead atoms. The maximum absolute atomic E-state index is 11.2. The molecule has 364 valence electrons. The zero-order chi connectivity index (χ0) is 46.9. The largest absolute Gasteiger partial charge is 2.00 e. The number of aliphatic carboxylic acids is 2. The van der Waals surface area contributed by atoms with Crippen molar-refractivity contribution in [2.75, 3.05) is 0 Å². The molecule has 0 aliphatic rings. The van der Waals surface area contributed by atoms with E-state index in [9.17, 15) is 29.4 Å². The van der Waals surface area contributed by atoms with Gasteiger partial charge >= 0.3 is 60.8 Å². The van der Waals surface area contributed by atoms with Crippen LogP contribution in [0.15, 0.2) is 60.7 Å². The molecule has 2 aromatic rings. The summed E-state index contributed by atoms with van der Waals surface area (Å²) in [6.07, 6.45) is 27.8. The number of benzene rings is 2.